The highest BCUT2D eigenvalue weighted by Gasteiger charge is 2.14. The Morgan fingerprint density at radius 3 is 1.56 bits per heavy atom. The number of fused-ring (bicyclic) bond motifs is 3. The summed E-state index contributed by atoms with van der Waals surface area (Å²) >= 11 is 0. The van der Waals surface area contributed by atoms with Crippen LogP contribution in [0.3, 0.4) is 0 Å². The number of anilines is 3. The zero-order valence-corrected chi connectivity index (χ0v) is 21.7. The van der Waals surface area contributed by atoms with Crippen molar-refractivity contribution >= 4 is 52.3 Å². The monoisotopic (exact) mass is 499 g/mol. The summed E-state index contributed by atoms with van der Waals surface area (Å²) in [5, 5.41) is 2.30. The molecule has 6 aromatic carbocycles. The molecule has 0 N–H and O–H groups in total. The van der Waals surface area contributed by atoms with Crippen LogP contribution in [0.15, 0.2) is 150 Å². The van der Waals surface area contributed by atoms with Crippen molar-refractivity contribution in [2.75, 3.05) is 4.90 Å². The molecular weight excluding hydrogens is 473 g/mol. The third-order valence-corrected chi connectivity index (χ3v) is 7.36. The molecule has 0 fully saturated rings. The van der Waals surface area contributed by atoms with Crippen molar-refractivity contribution < 1.29 is 4.42 Å². The maximum absolute atomic E-state index is 6.14. The molecule has 1 heterocycles. The topological polar surface area (TPSA) is 16.4 Å². The number of hydrogen-bond donors (Lipinski definition) is 0. The van der Waals surface area contributed by atoms with Crippen LogP contribution in [0.4, 0.5) is 17.1 Å². The molecule has 0 saturated heterocycles. The molecule has 0 radical (unpaired) electrons. The molecule has 0 unspecified atom stereocenters. The van der Waals surface area contributed by atoms with E-state index in [1.807, 2.05) is 12.1 Å². The van der Waals surface area contributed by atoms with Gasteiger partial charge in [0, 0.05) is 27.8 Å². The molecule has 0 aliphatic heterocycles. The molecule has 0 saturated carbocycles. The fourth-order valence-electron chi connectivity index (χ4n) is 5.28. The van der Waals surface area contributed by atoms with Crippen LogP contribution in [0.2, 0.25) is 0 Å². The molecule has 184 valence electrons. The largest absolute Gasteiger partial charge is 0.456 e. The van der Waals surface area contributed by atoms with Gasteiger partial charge >= 0.3 is 0 Å². The average Bonchev–Trinajstić information content (AvgIpc) is 3.37. The summed E-state index contributed by atoms with van der Waals surface area (Å²) in [6, 6.07) is 51.5. The molecule has 3 heteroatoms. The zero-order valence-electron chi connectivity index (χ0n) is 21.7. The summed E-state index contributed by atoms with van der Waals surface area (Å²) in [4.78, 5) is 2.31. The molecule has 2 nitrogen and oxygen atoms in total. The fourth-order valence-corrected chi connectivity index (χ4v) is 5.28. The van der Waals surface area contributed by atoms with Crippen LogP contribution in [0, 0.1) is 0 Å². The second kappa shape index (κ2) is 9.70. The highest BCUT2D eigenvalue weighted by Crippen LogP contribution is 2.37. The SMILES string of the molecule is Bc1ccc(N(c2ccc(-c3ccccc3)cc2)c2ccc(-c3ccc4c(c3)oc3ccccc34)cc2)cc1. The van der Waals surface area contributed by atoms with E-state index in [-0.39, 0.29) is 0 Å². The first-order chi connectivity index (χ1) is 19.2. The summed E-state index contributed by atoms with van der Waals surface area (Å²) in [7, 11) is 2.12. The molecule has 1 aromatic heterocycles. The zero-order chi connectivity index (χ0) is 26.2. The standard InChI is InChI=1S/C36H26BNO/c37-29-15-21-32(22-16-29)38(30-17-10-26(11-18-30)25-6-2-1-3-7-25)31-19-12-27(13-20-31)28-14-23-34-33-8-4-5-9-35(33)39-36(34)24-28/h1-24H,37H2. The van der Waals surface area contributed by atoms with E-state index in [9.17, 15) is 0 Å². The second-order valence-electron chi connectivity index (χ2n) is 9.94. The van der Waals surface area contributed by atoms with Crippen LogP contribution in [0.25, 0.3) is 44.2 Å². The molecule has 0 spiro atoms. The Kier molecular flexibility index (Phi) is 5.75. The maximum Gasteiger partial charge on any atom is 0.139 e. The van der Waals surface area contributed by atoms with Crippen molar-refractivity contribution in [1.82, 2.24) is 0 Å². The molecule has 39 heavy (non-hydrogen) atoms. The van der Waals surface area contributed by atoms with E-state index in [1.165, 1.54) is 16.6 Å². The van der Waals surface area contributed by atoms with Crippen LogP contribution in [-0.4, -0.2) is 7.85 Å². The minimum atomic E-state index is 0.914. The molecule has 0 aliphatic carbocycles. The summed E-state index contributed by atoms with van der Waals surface area (Å²) < 4.78 is 6.14. The first-order valence-electron chi connectivity index (χ1n) is 13.3. The van der Waals surface area contributed by atoms with Crippen LogP contribution >= 0.6 is 0 Å². The van der Waals surface area contributed by atoms with Crippen molar-refractivity contribution in [2.24, 2.45) is 0 Å². The Balaban J connectivity index is 1.25. The quantitative estimate of drug-likeness (QED) is 0.220. The van der Waals surface area contributed by atoms with Crippen molar-refractivity contribution in [3.8, 4) is 22.3 Å². The van der Waals surface area contributed by atoms with Crippen LogP contribution in [0.1, 0.15) is 0 Å². The first kappa shape index (κ1) is 23.1. The van der Waals surface area contributed by atoms with E-state index < -0.39 is 0 Å². The number of para-hydroxylation sites is 1. The second-order valence-corrected chi connectivity index (χ2v) is 9.94. The Morgan fingerprint density at radius 2 is 0.897 bits per heavy atom. The minimum Gasteiger partial charge on any atom is -0.456 e. The molecule has 7 rings (SSSR count). The minimum absolute atomic E-state index is 0.914. The van der Waals surface area contributed by atoms with Gasteiger partial charge in [-0.2, -0.15) is 0 Å². The average molecular weight is 499 g/mol. The number of rotatable bonds is 5. The molecule has 0 bridgehead atoms. The summed E-state index contributed by atoms with van der Waals surface area (Å²) in [6.45, 7) is 0. The van der Waals surface area contributed by atoms with Crippen LogP contribution in [-0.2, 0) is 0 Å². The van der Waals surface area contributed by atoms with Gasteiger partial charge in [0.15, 0.2) is 0 Å². The van der Waals surface area contributed by atoms with Crippen LogP contribution < -0.4 is 10.4 Å². The summed E-state index contributed by atoms with van der Waals surface area (Å²) in [5.74, 6) is 0. The van der Waals surface area contributed by atoms with Crippen molar-refractivity contribution in [3.63, 3.8) is 0 Å². The van der Waals surface area contributed by atoms with Gasteiger partial charge in [0.25, 0.3) is 0 Å². The normalized spacial score (nSPS) is 11.2. The van der Waals surface area contributed by atoms with Crippen molar-refractivity contribution in [1.29, 1.82) is 0 Å². The first-order valence-corrected chi connectivity index (χ1v) is 13.3. The Hall–Kier alpha value is -5.02. The number of nitrogens with zero attached hydrogens (tertiary/aromatic N) is 1. The van der Waals surface area contributed by atoms with Crippen LogP contribution in [0.5, 0.6) is 0 Å². The van der Waals surface area contributed by atoms with Gasteiger partial charge in [-0.1, -0.05) is 96.5 Å². The smallest absolute Gasteiger partial charge is 0.139 e. The maximum atomic E-state index is 6.14. The van der Waals surface area contributed by atoms with E-state index in [0.717, 1.165) is 50.1 Å². The van der Waals surface area contributed by atoms with Gasteiger partial charge in [-0.3, -0.25) is 0 Å². The summed E-state index contributed by atoms with van der Waals surface area (Å²) in [6.07, 6.45) is 0. The van der Waals surface area contributed by atoms with Crippen molar-refractivity contribution in [2.45, 2.75) is 0 Å². The number of benzene rings is 6. The molecule has 7 aromatic rings. The molecular formula is C36H26BNO. The highest BCUT2D eigenvalue weighted by molar-refractivity contribution is 6.32. The molecule has 0 amide bonds. The number of hydrogen-bond acceptors (Lipinski definition) is 2. The lowest BCUT2D eigenvalue weighted by molar-refractivity contribution is 0.669. The van der Waals surface area contributed by atoms with Gasteiger partial charge in [-0.05, 0) is 76.9 Å². The van der Waals surface area contributed by atoms with E-state index in [4.69, 9.17) is 4.42 Å². The van der Waals surface area contributed by atoms with Gasteiger partial charge in [0.1, 0.15) is 19.0 Å². The van der Waals surface area contributed by atoms with Gasteiger partial charge < -0.3 is 9.32 Å². The Bertz CT molecular complexity index is 1890. The van der Waals surface area contributed by atoms with Gasteiger partial charge in [0.2, 0.25) is 0 Å². The van der Waals surface area contributed by atoms with E-state index >= 15 is 0 Å². The van der Waals surface area contributed by atoms with E-state index in [1.54, 1.807) is 0 Å². The lowest BCUT2D eigenvalue weighted by atomic mass is 9.96. The fraction of sp³-hybridized carbons (Fsp3) is 0. The van der Waals surface area contributed by atoms with E-state index in [0.29, 0.717) is 0 Å². The molecule has 0 atom stereocenters. The van der Waals surface area contributed by atoms with Gasteiger partial charge in [0.05, 0.1) is 0 Å². The number of furan rings is 1. The molecule has 0 aliphatic rings. The predicted molar refractivity (Wildman–Crippen MR) is 167 cm³/mol. The third-order valence-electron chi connectivity index (χ3n) is 7.36. The van der Waals surface area contributed by atoms with E-state index in [2.05, 4.69) is 146 Å². The summed E-state index contributed by atoms with van der Waals surface area (Å²) in [5.41, 5.74) is 11.2. The lowest BCUT2D eigenvalue weighted by Gasteiger charge is -2.26. The highest BCUT2D eigenvalue weighted by atomic mass is 16.3. The Labute approximate surface area is 229 Å². The van der Waals surface area contributed by atoms with Gasteiger partial charge in [-0.25, -0.2) is 0 Å². The third kappa shape index (κ3) is 4.38. The van der Waals surface area contributed by atoms with Crippen molar-refractivity contribution in [3.05, 3.63) is 146 Å². The lowest BCUT2D eigenvalue weighted by Crippen LogP contribution is -2.11. The Morgan fingerprint density at radius 1 is 0.410 bits per heavy atom. The predicted octanol–water partition coefficient (Wildman–Crippen LogP) is 8.65. The van der Waals surface area contributed by atoms with Gasteiger partial charge in [-0.15, -0.1) is 0 Å².